The molecule has 0 radical (unpaired) electrons. The summed E-state index contributed by atoms with van der Waals surface area (Å²) in [4.78, 5) is 14.0. The van der Waals surface area contributed by atoms with Gasteiger partial charge in [0.2, 0.25) is 5.91 Å². The van der Waals surface area contributed by atoms with Crippen molar-refractivity contribution in [3.8, 4) is 11.5 Å². The highest BCUT2D eigenvalue weighted by atomic mass is 16.5. The summed E-state index contributed by atoms with van der Waals surface area (Å²) in [7, 11) is 3.28. The topological polar surface area (TPSA) is 60.0 Å². The van der Waals surface area contributed by atoms with Gasteiger partial charge in [0.1, 0.15) is 11.5 Å². The molecule has 0 unspecified atom stereocenters. The molecule has 0 bridgehead atoms. The molecule has 6 nitrogen and oxygen atoms in total. The Labute approximate surface area is 131 Å². The van der Waals surface area contributed by atoms with Crippen LogP contribution in [-0.2, 0) is 16.0 Å². The fourth-order valence-electron chi connectivity index (χ4n) is 2.43. The molecule has 0 saturated carbocycles. The Kier molecular flexibility index (Phi) is 6.48. The number of carbonyl (C=O) groups excluding carboxylic acids is 1. The van der Waals surface area contributed by atoms with Gasteiger partial charge in [0.05, 0.1) is 34.0 Å². The maximum absolute atomic E-state index is 11.9. The van der Waals surface area contributed by atoms with E-state index in [9.17, 15) is 4.79 Å². The summed E-state index contributed by atoms with van der Waals surface area (Å²) in [5.41, 5.74) is 1.02. The number of amides is 1. The highest BCUT2D eigenvalue weighted by molar-refractivity contribution is 5.78. The van der Waals surface area contributed by atoms with E-state index in [0.29, 0.717) is 32.7 Å². The zero-order chi connectivity index (χ0) is 15.8. The van der Waals surface area contributed by atoms with Gasteiger partial charge in [-0.15, -0.1) is 0 Å². The molecule has 1 aromatic rings. The zero-order valence-electron chi connectivity index (χ0n) is 13.3. The van der Waals surface area contributed by atoms with E-state index in [1.807, 2.05) is 18.2 Å². The molecule has 1 aromatic carbocycles. The van der Waals surface area contributed by atoms with Crippen LogP contribution in [0.3, 0.4) is 0 Å². The molecular formula is C16H24N2O4. The third-order valence-electron chi connectivity index (χ3n) is 3.67. The lowest BCUT2D eigenvalue weighted by molar-refractivity contribution is -0.123. The zero-order valence-corrected chi connectivity index (χ0v) is 13.3. The highest BCUT2D eigenvalue weighted by Gasteiger charge is 2.14. The van der Waals surface area contributed by atoms with E-state index in [4.69, 9.17) is 14.2 Å². The van der Waals surface area contributed by atoms with Gasteiger partial charge < -0.3 is 19.5 Å². The van der Waals surface area contributed by atoms with Gasteiger partial charge in [-0.2, -0.15) is 0 Å². The molecule has 1 heterocycles. The van der Waals surface area contributed by atoms with Crippen LogP contribution in [0.4, 0.5) is 0 Å². The van der Waals surface area contributed by atoms with Crippen LogP contribution in [0.25, 0.3) is 0 Å². The SMILES string of the molecule is COc1ccc(OC)c(CCNC(=O)CN2CCOCC2)c1. The van der Waals surface area contributed by atoms with Gasteiger partial charge in [-0.1, -0.05) is 0 Å². The summed E-state index contributed by atoms with van der Waals surface area (Å²) in [5.74, 6) is 1.64. The first-order valence-corrected chi connectivity index (χ1v) is 7.50. The Balaban J connectivity index is 1.78. The van der Waals surface area contributed by atoms with E-state index in [2.05, 4.69) is 10.2 Å². The van der Waals surface area contributed by atoms with Crippen LogP contribution in [0.5, 0.6) is 11.5 Å². The number of methoxy groups -OCH3 is 2. The number of hydrogen-bond donors (Lipinski definition) is 1. The molecule has 0 aliphatic carbocycles. The molecule has 6 heteroatoms. The normalized spacial score (nSPS) is 15.4. The molecule has 22 heavy (non-hydrogen) atoms. The number of rotatable bonds is 7. The van der Waals surface area contributed by atoms with Crippen LogP contribution < -0.4 is 14.8 Å². The first-order chi connectivity index (χ1) is 10.7. The van der Waals surface area contributed by atoms with Gasteiger partial charge in [0, 0.05) is 19.6 Å². The second-order valence-corrected chi connectivity index (χ2v) is 5.17. The van der Waals surface area contributed by atoms with Crippen LogP contribution in [0.15, 0.2) is 18.2 Å². The van der Waals surface area contributed by atoms with E-state index in [0.717, 1.165) is 30.2 Å². The average Bonchev–Trinajstić information content (AvgIpc) is 2.55. The van der Waals surface area contributed by atoms with Crippen molar-refractivity contribution in [2.24, 2.45) is 0 Å². The largest absolute Gasteiger partial charge is 0.497 e. The molecule has 1 aliphatic heterocycles. The van der Waals surface area contributed by atoms with E-state index in [1.165, 1.54) is 0 Å². The average molecular weight is 308 g/mol. The van der Waals surface area contributed by atoms with Crippen molar-refractivity contribution in [2.75, 3.05) is 53.6 Å². The van der Waals surface area contributed by atoms with E-state index >= 15 is 0 Å². The van der Waals surface area contributed by atoms with Gasteiger partial charge in [-0.25, -0.2) is 0 Å². The minimum absolute atomic E-state index is 0.0452. The number of nitrogens with one attached hydrogen (secondary N) is 1. The maximum atomic E-state index is 11.9. The highest BCUT2D eigenvalue weighted by Crippen LogP contribution is 2.24. The van der Waals surface area contributed by atoms with Gasteiger partial charge in [-0.05, 0) is 30.2 Å². The van der Waals surface area contributed by atoms with Crippen molar-refractivity contribution < 1.29 is 19.0 Å². The van der Waals surface area contributed by atoms with E-state index in [-0.39, 0.29) is 5.91 Å². The Morgan fingerprint density at radius 1 is 1.27 bits per heavy atom. The smallest absolute Gasteiger partial charge is 0.234 e. The number of morpholine rings is 1. The lowest BCUT2D eigenvalue weighted by atomic mass is 10.1. The standard InChI is InChI=1S/C16H24N2O4/c1-20-14-3-4-15(21-2)13(11-14)5-6-17-16(19)12-18-7-9-22-10-8-18/h3-4,11H,5-10,12H2,1-2H3,(H,17,19). The fraction of sp³-hybridized carbons (Fsp3) is 0.562. The third-order valence-corrected chi connectivity index (χ3v) is 3.67. The molecule has 2 rings (SSSR count). The quantitative estimate of drug-likeness (QED) is 0.803. The molecule has 0 spiro atoms. The lowest BCUT2D eigenvalue weighted by Crippen LogP contribution is -2.43. The van der Waals surface area contributed by atoms with Crippen molar-refractivity contribution in [2.45, 2.75) is 6.42 Å². The van der Waals surface area contributed by atoms with Crippen molar-refractivity contribution in [1.82, 2.24) is 10.2 Å². The second kappa shape index (κ2) is 8.60. The number of nitrogens with zero attached hydrogens (tertiary/aromatic N) is 1. The number of hydrogen-bond acceptors (Lipinski definition) is 5. The molecular weight excluding hydrogens is 284 g/mol. The monoisotopic (exact) mass is 308 g/mol. The first-order valence-electron chi connectivity index (χ1n) is 7.50. The van der Waals surface area contributed by atoms with Crippen LogP contribution >= 0.6 is 0 Å². The summed E-state index contributed by atoms with van der Waals surface area (Å²) in [6.07, 6.45) is 0.704. The molecule has 122 valence electrons. The third kappa shape index (κ3) is 4.89. The van der Waals surface area contributed by atoms with Gasteiger partial charge >= 0.3 is 0 Å². The van der Waals surface area contributed by atoms with Gasteiger partial charge in [0.15, 0.2) is 0 Å². The van der Waals surface area contributed by atoms with Crippen molar-refractivity contribution >= 4 is 5.91 Å². The fourth-order valence-corrected chi connectivity index (χ4v) is 2.43. The van der Waals surface area contributed by atoms with Crippen LogP contribution in [0, 0.1) is 0 Å². The molecule has 0 atom stereocenters. The second-order valence-electron chi connectivity index (χ2n) is 5.17. The minimum atomic E-state index is 0.0452. The first kappa shape index (κ1) is 16.6. The summed E-state index contributed by atoms with van der Waals surface area (Å²) < 4.78 is 15.8. The van der Waals surface area contributed by atoms with E-state index < -0.39 is 0 Å². The molecule has 1 N–H and O–H groups in total. The van der Waals surface area contributed by atoms with Crippen molar-refractivity contribution in [3.63, 3.8) is 0 Å². The molecule has 1 fully saturated rings. The Morgan fingerprint density at radius 2 is 2.05 bits per heavy atom. The Hall–Kier alpha value is -1.79. The number of ether oxygens (including phenoxy) is 3. The molecule has 0 aromatic heterocycles. The molecule has 1 aliphatic rings. The Morgan fingerprint density at radius 3 is 2.73 bits per heavy atom. The summed E-state index contributed by atoms with van der Waals surface area (Å²) in [5, 5.41) is 2.95. The number of carbonyl (C=O) groups is 1. The van der Waals surface area contributed by atoms with Crippen LogP contribution in [0.1, 0.15) is 5.56 Å². The van der Waals surface area contributed by atoms with Crippen molar-refractivity contribution in [3.05, 3.63) is 23.8 Å². The van der Waals surface area contributed by atoms with Crippen LogP contribution in [0.2, 0.25) is 0 Å². The molecule has 1 saturated heterocycles. The predicted octanol–water partition coefficient (Wildman–Crippen LogP) is 0.695. The molecule has 1 amide bonds. The van der Waals surface area contributed by atoms with Gasteiger partial charge in [0.25, 0.3) is 0 Å². The van der Waals surface area contributed by atoms with Gasteiger partial charge in [-0.3, -0.25) is 9.69 Å². The summed E-state index contributed by atoms with van der Waals surface area (Å²) in [6, 6.07) is 5.68. The van der Waals surface area contributed by atoms with Crippen molar-refractivity contribution in [1.29, 1.82) is 0 Å². The minimum Gasteiger partial charge on any atom is -0.497 e. The maximum Gasteiger partial charge on any atom is 0.234 e. The lowest BCUT2D eigenvalue weighted by Gasteiger charge is -2.25. The number of benzene rings is 1. The van der Waals surface area contributed by atoms with Crippen LogP contribution in [-0.4, -0.2) is 64.4 Å². The summed E-state index contributed by atoms with van der Waals surface area (Å²) >= 11 is 0. The predicted molar refractivity (Wildman–Crippen MR) is 83.5 cm³/mol. The van der Waals surface area contributed by atoms with E-state index in [1.54, 1.807) is 14.2 Å². The summed E-state index contributed by atoms with van der Waals surface area (Å²) in [6.45, 7) is 4.04. The Bertz CT molecular complexity index is 487.